The number of aromatic nitrogens is 2. The number of amides is 1. The SMILES string of the molecule is Cc1ccc(=O)n(C2CCC(NC(=O)C3(c4ccccc4)CC3)CC2)n1. The van der Waals surface area contributed by atoms with Gasteiger partial charge in [-0.25, -0.2) is 4.68 Å². The maximum absolute atomic E-state index is 12.9. The number of rotatable bonds is 4. The van der Waals surface area contributed by atoms with E-state index >= 15 is 0 Å². The van der Waals surface area contributed by atoms with Crippen LogP contribution in [0.5, 0.6) is 0 Å². The van der Waals surface area contributed by atoms with Gasteiger partial charge in [0, 0.05) is 12.1 Å². The third-order valence-electron chi connectivity index (χ3n) is 5.85. The molecule has 2 aliphatic carbocycles. The minimum Gasteiger partial charge on any atom is -0.353 e. The van der Waals surface area contributed by atoms with Gasteiger partial charge in [-0.3, -0.25) is 9.59 Å². The van der Waals surface area contributed by atoms with Gasteiger partial charge >= 0.3 is 0 Å². The number of nitrogens with zero attached hydrogens (tertiary/aromatic N) is 2. The highest BCUT2D eigenvalue weighted by molar-refractivity contribution is 5.91. The van der Waals surface area contributed by atoms with Gasteiger partial charge in [0.2, 0.25) is 5.91 Å². The first-order valence-electron chi connectivity index (χ1n) is 9.51. The van der Waals surface area contributed by atoms with Gasteiger partial charge in [0.25, 0.3) is 5.56 Å². The molecule has 0 saturated heterocycles. The van der Waals surface area contributed by atoms with Crippen LogP contribution in [0.3, 0.4) is 0 Å². The van der Waals surface area contributed by atoms with Crippen LogP contribution in [-0.2, 0) is 10.2 Å². The predicted octanol–water partition coefficient (Wildman–Crippen LogP) is 2.88. The molecule has 0 spiro atoms. The summed E-state index contributed by atoms with van der Waals surface area (Å²) in [5.41, 5.74) is 1.64. The first-order valence-corrected chi connectivity index (χ1v) is 9.51. The summed E-state index contributed by atoms with van der Waals surface area (Å²) < 4.78 is 1.62. The van der Waals surface area contributed by atoms with Crippen LogP contribution in [0.1, 0.15) is 55.8 Å². The zero-order valence-electron chi connectivity index (χ0n) is 15.1. The van der Waals surface area contributed by atoms with Crippen LogP contribution >= 0.6 is 0 Å². The summed E-state index contributed by atoms with van der Waals surface area (Å²) in [6, 6.07) is 13.8. The first kappa shape index (κ1) is 17.0. The molecule has 1 aromatic heterocycles. The molecule has 2 aromatic rings. The molecule has 0 bridgehead atoms. The van der Waals surface area contributed by atoms with E-state index in [4.69, 9.17) is 0 Å². The second kappa shape index (κ2) is 6.71. The Hall–Kier alpha value is -2.43. The van der Waals surface area contributed by atoms with Crippen molar-refractivity contribution in [3.63, 3.8) is 0 Å². The van der Waals surface area contributed by atoms with Crippen molar-refractivity contribution in [2.24, 2.45) is 0 Å². The molecule has 1 heterocycles. The first-order chi connectivity index (χ1) is 12.6. The van der Waals surface area contributed by atoms with Crippen molar-refractivity contribution in [1.29, 1.82) is 0 Å². The Labute approximate surface area is 153 Å². The summed E-state index contributed by atoms with van der Waals surface area (Å²) in [4.78, 5) is 24.9. The molecule has 136 valence electrons. The van der Waals surface area contributed by atoms with Crippen LogP contribution in [0.25, 0.3) is 0 Å². The fourth-order valence-corrected chi connectivity index (χ4v) is 4.10. The molecule has 0 atom stereocenters. The summed E-state index contributed by atoms with van der Waals surface area (Å²) >= 11 is 0. The summed E-state index contributed by atoms with van der Waals surface area (Å²) in [6.07, 6.45) is 5.40. The smallest absolute Gasteiger partial charge is 0.267 e. The van der Waals surface area contributed by atoms with Crippen molar-refractivity contribution < 1.29 is 4.79 Å². The summed E-state index contributed by atoms with van der Waals surface area (Å²) in [6.45, 7) is 1.90. The highest BCUT2D eigenvalue weighted by Gasteiger charge is 2.51. The molecule has 5 nitrogen and oxygen atoms in total. The lowest BCUT2D eigenvalue weighted by atomic mass is 9.89. The average Bonchev–Trinajstić information content (AvgIpc) is 3.47. The van der Waals surface area contributed by atoms with Crippen LogP contribution in [0.2, 0.25) is 0 Å². The van der Waals surface area contributed by atoms with E-state index in [9.17, 15) is 9.59 Å². The molecule has 2 saturated carbocycles. The third-order valence-corrected chi connectivity index (χ3v) is 5.85. The fourth-order valence-electron chi connectivity index (χ4n) is 4.10. The minimum absolute atomic E-state index is 0.0379. The number of hydrogen-bond acceptors (Lipinski definition) is 3. The standard InChI is InChI=1S/C21H25N3O2/c1-15-7-12-19(25)24(23-15)18-10-8-17(9-11-18)22-20(26)21(13-14-21)16-5-3-2-4-6-16/h2-7,12,17-18H,8-11,13-14H2,1H3,(H,22,26). The van der Waals surface area contributed by atoms with E-state index < -0.39 is 0 Å². The Balaban J connectivity index is 1.38. The zero-order chi connectivity index (χ0) is 18.1. The second-order valence-corrected chi connectivity index (χ2v) is 7.68. The molecular weight excluding hydrogens is 326 g/mol. The maximum Gasteiger partial charge on any atom is 0.267 e. The largest absolute Gasteiger partial charge is 0.353 e. The van der Waals surface area contributed by atoms with Crippen molar-refractivity contribution in [2.45, 2.75) is 62.9 Å². The van der Waals surface area contributed by atoms with E-state index in [1.807, 2.05) is 25.1 Å². The van der Waals surface area contributed by atoms with Gasteiger partial charge in [-0.2, -0.15) is 5.10 Å². The van der Waals surface area contributed by atoms with E-state index in [1.165, 1.54) is 0 Å². The van der Waals surface area contributed by atoms with Gasteiger partial charge in [0.05, 0.1) is 17.2 Å². The van der Waals surface area contributed by atoms with Crippen molar-refractivity contribution in [3.05, 3.63) is 64.1 Å². The van der Waals surface area contributed by atoms with E-state index in [0.717, 1.165) is 49.8 Å². The van der Waals surface area contributed by atoms with E-state index in [1.54, 1.807) is 16.8 Å². The Morgan fingerprint density at radius 2 is 1.77 bits per heavy atom. The van der Waals surface area contributed by atoms with Crippen molar-refractivity contribution in [1.82, 2.24) is 15.1 Å². The maximum atomic E-state index is 12.9. The molecule has 1 amide bonds. The lowest BCUT2D eigenvalue weighted by molar-refractivity contribution is -0.124. The summed E-state index contributed by atoms with van der Waals surface area (Å²) in [5.74, 6) is 0.165. The van der Waals surface area contributed by atoms with Gasteiger partial charge in [-0.1, -0.05) is 30.3 Å². The Morgan fingerprint density at radius 3 is 2.42 bits per heavy atom. The molecule has 1 N–H and O–H groups in total. The van der Waals surface area contributed by atoms with Gasteiger partial charge in [-0.05, 0) is 57.1 Å². The zero-order valence-corrected chi connectivity index (χ0v) is 15.1. The lowest BCUT2D eigenvalue weighted by Gasteiger charge is -2.30. The van der Waals surface area contributed by atoms with Crippen LogP contribution in [-0.4, -0.2) is 21.7 Å². The highest BCUT2D eigenvalue weighted by atomic mass is 16.2. The van der Waals surface area contributed by atoms with Crippen LogP contribution in [0.4, 0.5) is 0 Å². The Kier molecular flexibility index (Phi) is 4.39. The highest BCUT2D eigenvalue weighted by Crippen LogP contribution is 2.48. The second-order valence-electron chi connectivity index (χ2n) is 7.68. The molecule has 5 heteroatoms. The van der Waals surface area contributed by atoms with Crippen LogP contribution in [0, 0.1) is 6.92 Å². The molecule has 0 radical (unpaired) electrons. The van der Waals surface area contributed by atoms with Crippen molar-refractivity contribution in [3.8, 4) is 0 Å². The van der Waals surface area contributed by atoms with E-state index in [2.05, 4.69) is 22.5 Å². The molecule has 2 aliphatic rings. The molecule has 0 aliphatic heterocycles. The normalized spacial score (nSPS) is 24.0. The monoisotopic (exact) mass is 351 g/mol. The molecular formula is C21H25N3O2. The quantitative estimate of drug-likeness (QED) is 0.921. The number of hydrogen-bond donors (Lipinski definition) is 1. The Bertz CT molecular complexity index is 847. The van der Waals surface area contributed by atoms with E-state index in [-0.39, 0.29) is 29.0 Å². The van der Waals surface area contributed by atoms with Crippen LogP contribution < -0.4 is 10.9 Å². The van der Waals surface area contributed by atoms with Gasteiger partial charge < -0.3 is 5.32 Å². The number of aryl methyl sites for hydroxylation is 1. The number of benzene rings is 1. The van der Waals surface area contributed by atoms with Gasteiger partial charge in [-0.15, -0.1) is 0 Å². The Morgan fingerprint density at radius 1 is 1.08 bits per heavy atom. The van der Waals surface area contributed by atoms with E-state index in [0.29, 0.717) is 0 Å². The summed E-state index contributed by atoms with van der Waals surface area (Å²) in [7, 11) is 0. The van der Waals surface area contributed by atoms with Crippen molar-refractivity contribution in [2.75, 3.05) is 0 Å². The number of carbonyl (C=O) groups is 1. The predicted molar refractivity (Wildman–Crippen MR) is 100 cm³/mol. The molecule has 1 aromatic carbocycles. The average molecular weight is 351 g/mol. The van der Waals surface area contributed by atoms with Crippen molar-refractivity contribution >= 4 is 5.91 Å². The van der Waals surface area contributed by atoms with Gasteiger partial charge in [0.15, 0.2) is 0 Å². The topological polar surface area (TPSA) is 64.0 Å². The molecule has 0 unspecified atom stereocenters. The fraction of sp³-hybridized carbons (Fsp3) is 0.476. The lowest BCUT2D eigenvalue weighted by Crippen LogP contribution is -2.44. The molecule has 4 rings (SSSR count). The molecule has 26 heavy (non-hydrogen) atoms. The third kappa shape index (κ3) is 3.18. The minimum atomic E-state index is -0.312. The molecule has 2 fully saturated rings. The number of nitrogens with one attached hydrogen (secondary N) is 1. The summed E-state index contributed by atoms with van der Waals surface area (Å²) in [5, 5.41) is 7.66. The van der Waals surface area contributed by atoms with Crippen LogP contribution in [0.15, 0.2) is 47.3 Å². The number of carbonyl (C=O) groups excluding carboxylic acids is 1. The van der Waals surface area contributed by atoms with Gasteiger partial charge in [0.1, 0.15) is 0 Å².